The van der Waals surface area contributed by atoms with E-state index in [1.807, 2.05) is 13.8 Å². The molecule has 0 aromatic heterocycles. The molecule has 0 aromatic rings. The number of hydrogen-bond acceptors (Lipinski definition) is 1. The molecule has 0 radical (unpaired) electrons. The van der Waals surface area contributed by atoms with Gasteiger partial charge in [0.2, 0.25) is 0 Å². The highest BCUT2D eigenvalue weighted by Crippen LogP contribution is 2.11. The van der Waals surface area contributed by atoms with E-state index in [-0.39, 0.29) is 0 Å². The molecule has 0 saturated heterocycles. The first-order chi connectivity index (χ1) is 6.35. The standard InChI is InChI=1S/C10H23N.C2H6/c1-4-7-10(8-5-2)9-11-6-3;1-2/h10-11H,4-9H2,1-3H3;1-2H3. The molecule has 0 heterocycles. The maximum Gasteiger partial charge on any atom is -0.00206 e. The monoisotopic (exact) mass is 187 g/mol. The van der Waals surface area contributed by atoms with Crippen molar-refractivity contribution in [1.82, 2.24) is 5.32 Å². The molecule has 0 fully saturated rings. The first-order valence-corrected chi connectivity index (χ1v) is 6.05. The highest BCUT2D eigenvalue weighted by Gasteiger charge is 2.04. The van der Waals surface area contributed by atoms with Crippen LogP contribution in [-0.2, 0) is 0 Å². The van der Waals surface area contributed by atoms with E-state index in [4.69, 9.17) is 0 Å². The second kappa shape index (κ2) is 14.5. The fraction of sp³-hybridized carbons (Fsp3) is 1.00. The van der Waals surface area contributed by atoms with E-state index >= 15 is 0 Å². The molecule has 0 aromatic carbocycles. The molecule has 1 nitrogen and oxygen atoms in total. The van der Waals surface area contributed by atoms with Crippen LogP contribution in [0.3, 0.4) is 0 Å². The van der Waals surface area contributed by atoms with Crippen LogP contribution in [0, 0.1) is 5.92 Å². The Morgan fingerprint density at radius 3 is 1.69 bits per heavy atom. The molecule has 0 saturated carbocycles. The second-order valence-corrected chi connectivity index (χ2v) is 3.25. The van der Waals surface area contributed by atoms with Gasteiger partial charge in [-0.2, -0.15) is 0 Å². The average molecular weight is 187 g/mol. The molecule has 0 bridgehead atoms. The van der Waals surface area contributed by atoms with Crippen LogP contribution in [-0.4, -0.2) is 13.1 Å². The van der Waals surface area contributed by atoms with Crippen LogP contribution in [0.2, 0.25) is 0 Å². The van der Waals surface area contributed by atoms with Crippen LogP contribution < -0.4 is 5.32 Å². The second-order valence-electron chi connectivity index (χ2n) is 3.25. The molecule has 1 heteroatoms. The summed E-state index contributed by atoms with van der Waals surface area (Å²) in [7, 11) is 0. The lowest BCUT2D eigenvalue weighted by atomic mass is 9.98. The topological polar surface area (TPSA) is 12.0 Å². The van der Waals surface area contributed by atoms with Crippen LogP contribution in [0.4, 0.5) is 0 Å². The average Bonchev–Trinajstić information content (AvgIpc) is 2.18. The first-order valence-electron chi connectivity index (χ1n) is 6.05. The Hall–Kier alpha value is -0.0400. The molecule has 82 valence electrons. The molecular formula is C12H29N. The summed E-state index contributed by atoms with van der Waals surface area (Å²) < 4.78 is 0. The molecule has 13 heavy (non-hydrogen) atoms. The maximum atomic E-state index is 3.42. The number of rotatable bonds is 7. The molecule has 0 aliphatic heterocycles. The third kappa shape index (κ3) is 12.0. The van der Waals surface area contributed by atoms with Gasteiger partial charge in [0, 0.05) is 0 Å². The van der Waals surface area contributed by atoms with E-state index in [0.717, 1.165) is 12.5 Å². The highest BCUT2D eigenvalue weighted by atomic mass is 14.8. The van der Waals surface area contributed by atoms with Gasteiger partial charge in [-0.25, -0.2) is 0 Å². The van der Waals surface area contributed by atoms with Crippen LogP contribution in [0.15, 0.2) is 0 Å². The van der Waals surface area contributed by atoms with Crippen molar-refractivity contribution >= 4 is 0 Å². The molecule has 0 aliphatic carbocycles. The highest BCUT2D eigenvalue weighted by molar-refractivity contribution is 4.60. The van der Waals surface area contributed by atoms with Crippen molar-refractivity contribution in [3.8, 4) is 0 Å². The summed E-state index contributed by atoms with van der Waals surface area (Å²) >= 11 is 0. The van der Waals surface area contributed by atoms with E-state index in [1.54, 1.807) is 0 Å². The third-order valence-corrected chi connectivity index (χ3v) is 2.08. The molecule has 1 N–H and O–H groups in total. The van der Waals surface area contributed by atoms with Crippen molar-refractivity contribution in [2.45, 2.75) is 60.3 Å². The third-order valence-electron chi connectivity index (χ3n) is 2.08. The quantitative estimate of drug-likeness (QED) is 0.638. The number of nitrogens with one attached hydrogen (secondary N) is 1. The summed E-state index contributed by atoms with van der Waals surface area (Å²) in [6.45, 7) is 13.1. The largest absolute Gasteiger partial charge is 0.317 e. The van der Waals surface area contributed by atoms with Crippen molar-refractivity contribution in [2.75, 3.05) is 13.1 Å². The van der Waals surface area contributed by atoms with Crippen molar-refractivity contribution in [1.29, 1.82) is 0 Å². The molecule has 0 amide bonds. The minimum Gasteiger partial charge on any atom is -0.317 e. The van der Waals surface area contributed by atoms with Gasteiger partial charge in [-0.1, -0.05) is 47.5 Å². The Balaban J connectivity index is 0. The lowest BCUT2D eigenvalue weighted by Crippen LogP contribution is -2.22. The van der Waals surface area contributed by atoms with Crippen molar-refractivity contribution in [2.24, 2.45) is 5.92 Å². The Morgan fingerprint density at radius 2 is 1.38 bits per heavy atom. The van der Waals surface area contributed by atoms with Gasteiger partial charge in [0.05, 0.1) is 0 Å². The van der Waals surface area contributed by atoms with Gasteiger partial charge in [-0.15, -0.1) is 0 Å². The lowest BCUT2D eigenvalue weighted by molar-refractivity contribution is 0.415. The SMILES string of the molecule is CC.CCCC(CCC)CNCC. The zero-order valence-corrected chi connectivity index (χ0v) is 10.3. The van der Waals surface area contributed by atoms with Crippen LogP contribution in [0.5, 0.6) is 0 Å². The molecule has 0 atom stereocenters. The van der Waals surface area contributed by atoms with E-state index < -0.39 is 0 Å². The Kier molecular flexibility index (Phi) is 17.2. The summed E-state index contributed by atoms with van der Waals surface area (Å²) in [6, 6.07) is 0. The molecule has 0 rings (SSSR count). The molecular weight excluding hydrogens is 158 g/mol. The van der Waals surface area contributed by atoms with Crippen molar-refractivity contribution in [3.05, 3.63) is 0 Å². The minimum absolute atomic E-state index is 0.921. The fourth-order valence-electron chi connectivity index (χ4n) is 1.51. The predicted molar refractivity (Wildman–Crippen MR) is 63.2 cm³/mol. The van der Waals surface area contributed by atoms with Crippen LogP contribution >= 0.6 is 0 Å². The zero-order chi connectivity index (χ0) is 10.5. The summed E-state index contributed by atoms with van der Waals surface area (Å²) in [5.74, 6) is 0.921. The molecule has 0 spiro atoms. The maximum absolute atomic E-state index is 3.42. The Labute approximate surface area is 85.3 Å². The van der Waals surface area contributed by atoms with E-state index in [0.29, 0.717) is 0 Å². The smallest absolute Gasteiger partial charge is 0.00206 e. The van der Waals surface area contributed by atoms with Gasteiger partial charge in [-0.3, -0.25) is 0 Å². The molecule has 0 aliphatic rings. The minimum atomic E-state index is 0.921. The first kappa shape index (κ1) is 15.4. The zero-order valence-electron chi connectivity index (χ0n) is 10.3. The summed E-state index contributed by atoms with van der Waals surface area (Å²) in [6.07, 6.45) is 5.44. The normalized spacial score (nSPS) is 9.69. The summed E-state index contributed by atoms with van der Waals surface area (Å²) in [5, 5.41) is 3.42. The van der Waals surface area contributed by atoms with Gasteiger partial charge < -0.3 is 5.32 Å². The van der Waals surface area contributed by atoms with E-state index in [2.05, 4.69) is 26.1 Å². The predicted octanol–water partition coefficient (Wildman–Crippen LogP) is 3.84. The van der Waals surface area contributed by atoms with Crippen molar-refractivity contribution < 1.29 is 0 Å². The van der Waals surface area contributed by atoms with Crippen molar-refractivity contribution in [3.63, 3.8) is 0 Å². The van der Waals surface area contributed by atoms with E-state index in [9.17, 15) is 0 Å². The van der Waals surface area contributed by atoms with Gasteiger partial charge in [0.15, 0.2) is 0 Å². The Morgan fingerprint density at radius 1 is 0.923 bits per heavy atom. The summed E-state index contributed by atoms with van der Waals surface area (Å²) in [5.41, 5.74) is 0. The van der Waals surface area contributed by atoms with E-state index in [1.165, 1.54) is 32.2 Å². The van der Waals surface area contributed by atoms with Gasteiger partial charge in [0.25, 0.3) is 0 Å². The van der Waals surface area contributed by atoms with Gasteiger partial charge in [-0.05, 0) is 31.8 Å². The number of hydrogen-bond donors (Lipinski definition) is 1. The van der Waals surface area contributed by atoms with Crippen LogP contribution in [0.25, 0.3) is 0 Å². The molecule has 0 unspecified atom stereocenters. The fourth-order valence-corrected chi connectivity index (χ4v) is 1.51. The van der Waals surface area contributed by atoms with Crippen LogP contribution in [0.1, 0.15) is 60.3 Å². The Bertz CT molecular complexity index is 65.5. The summed E-state index contributed by atoms with van der Waals surface area (Å²) in [4.78, 5) is 0. The lowest BCUT2D eigenvalue weighted by Gasteiger charge is -2.14. The van der Waals surface area contributed by atoms with Gasteiger partial charge >= 0.3 is 0 Å². The van der Waals surface area contributed by atoms with Gasteiger partial charge in [0.1, 0.15) is 0 Å².